The van der Waals surface area contributed by atoms with Crippen LogP contribution < -0.4 is 15.0 Å². The summed E-state index contributed by atoms with van der Waals surface area (Å²) in [5.41, 5.74) is 1.86. The molecule has 26 heavy (non-hydrogen) atoms. The van der Waals surface area contributed by atoms with Crippen LogP contribution in [0.2, 0.25) is 5.02 Å². The highest BCUT2D eigenvalue weighted by molar-refractivity contribution is 7.80. The van der Waals surface area contributed by atoms with Crippen LogP contribution in [0.5, 0.6) is 5.75 Å². The minimum absolute atomic E-state index is 0.0792. The first kappa shape index (κ1) is 18.7. The normalized spacial score (nSPS) is 17.2. The SMILES string of the molecule is COc1ccc(N2CCN(C(=S)Nc3ccc(F)c(Cl)c3)CC2C)cc1. The van der Waals surface area contributed by atoms with E-state index in [-0.39, 0.29) is 5.02 Å². The summed E-state index contributed by atoms with van der Waals surface area (Å²) in [4.78, 5) is 4.48. The average molecular weight is 394 g/mol. The Morgan fingerprint density at radius 2 is 1.96 bits per heavy atom. The monoisotopic (exact) mass is 393 g/mol. The average Bonchev–Trinajstić information content (AvgIpc) is 2.65. The van der Waals surface area contributed by atoms with Crippen molar-refractivity contribution in [1.82, 2.24) is 4.90 Å². The third kappa shape index (κ3) is 4.19. The second kappa shape index (κ2) is 8.10. The van der Waals surface area contributed by atoms with E-state index in [1.807, 2.05) is 12.1 Å². The van der Waals surface area contributed by atoms with Crippen molar-refractivity contribution in [2.24, 2.45) is 0 Å². The molecule has 0 saturated carbocycles. The Labute approximate surface area is 163 Å². The summed E-state index contributed by atoms with van der Waals surface area (Å²) in [5.74, 6) is 0.410. The zero-order chi connectivity index (χ0) is 18.7. The van der Waals surface area contributed by atoms with Crippen LogP contribution in [0.15, 0.2) is 42.5 Å². The van der Waals surface area contributed by atoms with Crippen molar-refractivity contribution in [3.05, 3.63) is 53.3 Å². The quantitative estimate of drug-likeness (QED) is 0.780. The number of nitrogens with zero attached hydrogens (tertiary/aromatic N) is 2. The van der Waals surface area contributed by atoms with Gasteiger partial charge in [0.05, 0.1) is 12.1 Å². The van der Waals surface area contributed by atoms with Gasteiger partial charge in [-0.05, 0) is 61.6 Å². The fraction of sp³-hybridized carbons (Fsp3) is 0.316. The third-order valence-electron chi connectivity index (χ3n) is 4.49. The molecule has 0 aliphatic carbocycles. The second-order valence-corrected chi connectivity index (χ2v) is 7.04. The number of thiocarbonyl (C=S) groups is 1. The molecule has 2 aromatic carbocycles. The smallest absolute Gasteiger partial charge is 0.173 e. The Morgan fingerprint density at radius 1 is 1.23 bits per heavy atom. The van der Waals surface area contributed by atoms with E-state index >= 15 is 0 Å². The van der Waals surface area contributed by atoms with Gasteiger partial charge in [-0.25, -0.2) is 4.39 Å². The minimum atomic E-state index is -0.440. The first-order valence-electron chi connectivity index (χ1n) is 8.39. The first-order valence-corrected chi connectivity index (χ1v) is 9.18. The lowest BCUT2D eigenvalue weighted by atomic mass is 10.1. The molecule has 0 bridgehead atoms. The fourth-order valence-electron chi connectivity index (χ4n) is 3.08. The maximum Gasteiger partial charge on any atom is 0.173 e. The lowest BCUT2D eigenvalue weighted by Crippen LogP contribution is -2.54. The van der Waals surface area contributed by atoms with Crippen LogP contribution in [0, 0.1) is 5.82 Å². The number of piperazine rings is 1. The summed E-state index contributed by atoms with van der Waals surface area (Å²) in [5, 5.41) is 3.84. The molecular weight excluding hydrogens is 373 g/mol. The maximum atomic E-state index is 13.3. The molecule has 0 aromatic heterocycles. The van der Waals surface area contributed by atoms with Gasteiger partial charge in [-0.1, -0.05) is 11.6 Å². The Hall–Kier alpha value is -2.05. The zero-order valence-electron chi connectivity index (χ0n) is 14.7. The molecule has 1 unspecified atom stereocenters. The first-order chi connectivity index (χ1) is 12.5. The molecule has 1 N–H and O–H groups in total. The molecule has 0 amide bonds. The number of halogens is 2. The molecule has 7 heteroatoms. The number of hydrogen-bond acceptors (Lipinski definition) is 3. The van der Waals surface area contributed by atoms with E-state index in [2.05, 4.69) is 34.2 Å². The zero-order valence-corrected chi connectivity index (χ0v) is 16.3. The van der Waals surface area contributed by atoms with Gasteiger partial charge in [0.2, 0.25) is 0 Å². The van der Waals surface area contributed by atoms with Crippen molar-refractivity contribution in [3.63, 3.8) is 0 Å². The van der Waals surface area contributed by atoms with Gasteiger partial charge in [0.1, 0.15) is 11.6 Å². The minimum Gasteiger partial charge on any atom is -0.497 e. The van der Waals surface area contributed by atoms with Crippen LogP contribution in [0.3, 0.4) is 0 Å². The van der Waals surface area contributed by atoms with E-state index in [1.54, 1.807) is 19.2 Å². The topological polar surface area (TPSA) is 27.7 Å². The molecular formula is C19H21ClFN3OS. The van der Waals surface area contributed by atoms with E-state index in [9.17, 15) is 4.39 Å². The molecule has 0 spiro atoms. The fourth-order valence-corrected chi connectivity index (χ4v) is 3.54. The molecule has 0 radical (unpaired) electrons. The highest BCUT2D eigenvalue weighted by atomic mass is 35.5. The second-order valence-electron chi connectivity index (χ2n) is 6.25. The summed E-state index contributed by atoms with van der Waals surface area (Å²) in [6, 6.07) is 12.9. The van der Waals surface area contributed by atoms with Crippen molar-refractivity contribution >= 4 is 40.3 Å². The summed E-state index contributed by atoms with van der Waals surface area (Å²) in [6.07, 6.45) is 0. The highest BCUT2D eigenvalue weighted by Gasteiger charge is 2.25. The van der Waals surface area contributed by atoms with Gasteiger partial charge in [0.25, 0.3) is 0 Å². The van der Waals surface area contributed by atoms with Gasteiger partial charge in [0, 0.05) is 37.1 Å². The molecule has 4 nitrogen and oxygen atoms in total. The van der Waals surface area contributed by atoms with Crippen molar-refractivity contribution in [2.75, 3.05) is 37.0 Å². The molecule has 1 atom stereocenters. The molecule has 1 saturated heterocycles. The largest absolute Gasteiger partial charge is 0.497 e. The molecule has 1 aliphatic rings. The molecule has 1 aliphatic heterocycles. The van der Waals surface area contributed by atoms with E-state index < -0.39 is 5.82 Å². The number of benzene rings is 2. The highest BCUT2D eigenvalue weighted by Crippen LogP contribution is 2.24. The van der Waals surface area contributed by atoms with Gasteiger partial charge in [-0.2, -0.15) is 0 Å². The van der Waals surface area contributed by atoms with Gasteiger partial charge in [0.15, 0.2) is 5.11 Å². The molecule has 2 aromatic rings. The molecule has 1 fully saturated rings. The molecule has 3 rings (SSSR count). The predicted octanol–water partition coefficient (Wildman–Crippen LogP) is 4.40. The Morgan fingerprint density at radius 3 is 2.58 bits per heavy atom. The summed E-state index contributed by atoms with van der Waals surface area (Å²) in [6.45, 7) is 4.64. The summed E-state index contributed by atoms with van der Waals surface area (Å²) >= 11 is 11.3. The molecule has 138 valence electrons. The van der Waals surface area contributed by atoms with Crippen LogP contribution in [0.1, 0.15) is 6.92 Å². The number of ether oxygens (including phenoxy) is 1. The van der Waals surface area contributed by atoms with E-state index in [0.29, 0.717) is 16.8 Å². The van der Waals surface area contributed by atoms with Crippen molar-refractivity contribution in [1.29, 1.82) is 0 Å². The molecule has 1 heterocycles. The van der Waals surface area contributed by atoms with Crippen molar-refractivity contribution in [3.8, 4) is 5.75 Å². The predicted molar refractivity (Wildman–Crippen MR) is 109 cm³/mol. The van der Waals surface area contributed by atoms with Crippen molar-refractivity contribution < 1.29 is 9.13 Å². The van der Waals surface area contributed by atoms with Crippen molar-refractivity contribution in [2.45, 2.75) is 13.0 Å². The number of anilines is 2. The lowest BCUT2D eigenvalue weighted by molar-refractivity contribution is 0.342. The van der Waals surface area contributed by atoms with Crippen LogP contribution in [0.4, 0.5) is 15.8 Å². The number of methoxy groups -OCH3 is 1. The van der Waals surface area contributed by atoms with Gasteiger partial charge < -0.3 is 19.9 Å². The van der Waals surface area contributed by atoms with Crippen LogP contribution >= 0.6 is 23.8 Å². The van der Waals surface area contributed by atoms with E-state index in [0.717, 1.165) is 25.4 Å². The lowest BCUT2D eigenvalue weighted by Gasteiger charge is -2.42. The van der Waals surface area contributed by atoms with E-state index in [1.165, 1.54) is 11.8 Å². The van der Waals surface area contributed by atoms with Gasteiger partial charge in [-0.15, -0.1) is 0 Å². The van der Waals surface area contributed by atoms with Crippen LogP contribution in [-0.4, -0.2) is 42.8 Å². The number of rotatable bonds is 3. The van der Waals surface area contributed by atoms with Crippen LogP contribution in [0.25, 0.3) is 0 Å². The maximum absolute atomic E-state index is 13.3. The van der Waals surface area contributed by atoms with Crippen LogP contribution in [-0.2, 0) is 0 Å². The standard InChI is InChI=1S/C19H21ClFN3OS/c1-13-12-23(19(26)22-14-3-8-18(21)17(20)11-14)9-10-24(13)15-4-6-16(25-2)7-5-15/h3-8,11,13H,9-10,12H2,1-2H3,(H,22,26). The Balaban J connectivity index is 1.61. The third-order valence-corrected chi connectivity index (χ3v) is 5.14. The Bertz CT molecular complexity index is 787. The van der Waals surface area contributed by atoms with E-state index in [4.69, 9.17) is 28.6 Å². The number of hydrogen-bond donors (Lipinski definition) is 1. The Kier molecular flexibility index (Phi) is 5.84. The number of nitrogens with one attached hydrogen (secondary N) is 1. The summed E-state index contributed by atoms with van der Waals surface area (Å²) < 4.78 is 18.5. The van der Waals surface area contributed by atoms with Gasteiger partial charge >= 0.3 is 0 Å². The summed E-state index contributed by atoms with van der Waals surface area (Å²) in [7, 11) is 1.67. The van der Waals surface area contributed by atoms with Gasteiger partial charge in [-0.3, -0.25) is 0 Å².